The van der Waals surface area contributed by atoms with Crippen LogP contribution >= 0.6 is 0 Å². The van der Waals surface area contributed by atoms with Gasteiger partial charge in [0.2, 0.25) is 5.78 Å². The molecule has 1 aromatic carbocycles. The molecule has 0 fully saturated rings. The summed E-state index contributed by atoms with van der Waals surface area (Å²) in [7, 11) is 0. The molecule has 0 aliphatic heterocycles. The molecule has 4 aromatic rings. The number of aromatic nitrogens is 5. The average Bonchev–Trinajstić information content (AvgIpc) is 3.18. The number of hydrogen-bond donors (Lipinski definition) is 1. The Hall–Kier alpha value is -3.87. The van der Waals surface area contributed by atoms with Crippen LogP contribution in [0, 0.1) is 0 Å². The Balaban J connectivity index is 1.63. The largest absolute Gasteiger partial charge is 0.382 e. The molecule has 0 amide bonds. The van der Waals surface area contributed by atoms with E-state index in [1.165, 1.54) is 6.20 Å². The van der Waals surface area contributed by atoms with Crippen LogP contribution in [-0.4, -0.2) is 30.5 Å². The smallest absolute Gasteiger partial charge is 0.216 e. The Kier molecular flexibility index (Phi) is 4.40. The molecule has 0 saturated heterocycles. The molecule has 0 saturated carbocycles. The first-order chi connectivity index (χ1) is 13.2. The van der Waals surface area contributed by atoms with Gasteiger partial charge in [-0.2, -0.15) is 5.10 Å². The van der Waals surface area contributed by atoms with Crippen molar-refractivity contribution in [2.45, 2.75) is 6.54 Å². The van der Waals surface area contributed by atoms with Crippen LogP contribution in [0.5, 0.6) is 0 Å². The molecule has 0 atom stereocenters. The summed E-state index contributed by atoms with van der Waals surface area (Å²) in [6, 6.07) is 13.4. The van der Waals surface area contributed by atoms with E-state index < -0.39 is 0 Å². The van der Waals surface area contributed by atoms with Gasteiger partial charge in [0.05, 0.1) is 24.6 Å². The molecule has 0 spiro atoms. The number of nitrogens with two attached hydrogens (primary N) is 1. The zero-order valence-electron chi connectivity index (χ0n) is 14.4. The number of carbonyl (C=O) groups excluding carboxylic acids is 1. The molecule has 7 heteroatoms. The molecule has 4 rings (SSSR count). The van der Waals surface area contributed by atoms with Crippen LogP contribution in [-0.2, 0) is 6.54 Å². The van der Waals surface area contributed by atoms with Gasteiger partial charge in [0.15, 0.2) is 11.5 Å². The van der Waals surface area contributed by atoms with Crippen molar-refractivity contribution < 1.29 is 4.79 Å². The summed E-state index contributed by atoms with van der Waals surface area (Å²) < 4.78 is 1.81. The van der Waals surface area contributed by atoms with Gasteiger partial charge in [0.25, 0.3) is 0 Å². The van der Waals surface area contributed by atoms with Crippen molar-refractivity contribution in [1.82, 2.24) is 24.7 Å². The monoisotopic (exact) mass is 356 g/mol. The van der Waals surface area contributed by atoms with E-state index in [1.54, 1.807) is 30.7 Å². The summed E-state index contributed by atoms with van der Waals surface area (Å²) in [4.78, 5) is 25.2. The number of pyridine rings is 1. The summed E-state index contributed by atoms with van der Waals surface area (Å²) in [6.45, 7) is 0.644. The van der Waals surface area contributed by atoms with Gasteiger partial charge in [0, 0.05) is 29.7 Å². The molecule has 27 heavy (non-hydrogen) atoms. The lowest BCUT2D eigenvalue weighted by molar-refractivity contribution is 0.103. The van der Waals surface area contributed by atoms with Gasteiger partial charge in [-0.05, 0) is 17.7 Å². The third-order valence-electron chi connectivity index (χ3n) is 4.06. The van der Waals surface area contributed by atoms with Crippen molar-refractivity contribution in [3.8, 4) is 11.3 Å². The molecule has 0 aliphatic rings. The fourth-order valence-electron chi connectivity index (χ4n) is 2.69. The van der Waals surface area contributed by atoms with Crippen molar-refractivity contribution in [3.05, 3.63) is 90.3 Å². The van der Waals surface area contributed by atoms with Gasteiger partial charge in [-0.3, -0.25) is 14.5 Å². The van der Waals surface area contributed by atoms with E-state index in [-0.39, 0.29) is 17.3 Å². The van der Waals surface area contributed by atoms with E-state index in [2.05, 4.69) is 20.1 Å². The number of nitrogen functional groups attached to an aromatic ring is 1. The van der Waals surface area contributed by atoms with Crippen LogP contribution in [0.15, 0.2) is 73.4 Å². The zero-order chi connectivity index (χ0) is 18.6. The van der Waals surface area contributed by atoms with Gasteiger partial charge in [-0.15, -0.1) is 0 Å². The highest BCUT2D eigenvalue weighted by Gasteiger charge is 2.17. The maximum absolute atomic E-state index is 12.7. The number of carbonyl (C=O) groups is 1. The highest BCUT2D eigenvalue weighted by atomic mass is 16.1. The normalized spacial score (nSPS) is 10.7. The Labute approximate surface area is 155 Å². The van der Waals surface area contributed by atoms with Crippen molar-refractivity contribution in [1.29, 1.82) is 0 Å². The van der Waals surface area contributed by atoms with E-state index in [0.29, 0.717) is 17.8 Å². The highest BCUT2D eigenvalue weighted by molar-refractivity contribution is 6.10. The third-order valence-corrected chi connectivity index (χ3v) is 4.06. The summed E-state index contributed by atoms with van der Waals surface area (Å²) in [5.74, 6) is -0.226. The maximum atomic E-state index is 12.7. The molecule has 0 radical (unpaired) electrons. The van der Waals surface area contributed by atoms with Crippen molar-refractivity contribution in [2.75, 3.05) is 5.73 Å². The Bertz CT molecular complexity index is 1080. The molecular weight excluding hydrogens is 340 g/mol. The molecular formula is C20H16N6O. The van der Waals surface area contributed by atoms with E-state index >= 15 is 0 Å². The summed E-state index contributed by atoms with van der Waals surface area (Å²) in [6.07, 6.45) is 8.18. The van der Waals surface area contributed by atoms with Crippen LogP contribution in [0.4, 0.5) is 5.82 Å². The second kappa shape index (κ2) is 7.17. The minimum absolute atomic E-state index is 0.0873. The van der Waals surface area contributed by atoms with Gasteiger partial charge >= 0.3 is 0 Å². The molecule has 132 valence electrons. The van der Waals surface area contributed by atoms with E-state index in [4.69, 9.17) is 5.73 Å². The van der Waals surface area contributed by atoms with Crippen LogP contribution in [0.2, 0.25) is 0 Å². The highest BCUT2D eigenvalue weighted by Crippen LogP contribution is 2.20. The van der Waals surface area contributed by atoms with Gasteiger partial charge < -0.3 is 5.73 Å². The van der Waals surface area contributed by atoms with Crippen LogP contribution in [0.1, 0.15) is 21.6 Å². The Morgan fingerprint density at radius 1 is 1.04 bits per heavy atom. The average molecular weight is 356 g/mol. The number of benzene rings is 1. The topological polar surface area (TPSA) is 99.6 Å². The molecule has 2 N–H and O–H groups in total. The van der Waals surface area contributed by atoms with Crippen molar-refractivity contribution >= 4 is 11.6 Å². The molecule has 3 heterocycles. The second-order valence-electron chi connectivity index (χ2n) is 5.97. The van der Waals surface area contributed by atoms with Crippen molar-refractivity contribution in [2.24, 2.45) is 0 Å². The van der Waals surface area contributed by atoms with Crippen LogP contribution in [0.25, 0.3) is 11.3 Å². The fourth-order valence-corrected chi connectivity index (χ4v) is 2.69. The van der Waals surface area contributed by atoms with Crippen molar-refractivity contribution in [3.63, 3.8) is 0 Å². The molecule has 0 bridgehead atoms. The first kappa shape index (κ1) is 16.6. The van der Waals surface area contributed by atoms with Gasteiger partial charge in [0.1, 0.15) is 0 Å². The van der Waals surface area contributed by atoms with Gasteiger partial charge in [-0.25, -0.2) is 9.97 Å². The molecule has 3 aromatic heterocycles. The zero-order valence-corrected chi connectivity index (χ0v) is 14.4. The first-order valence-corrected chi connectivity index (χ1v) is 8.35. The van der Waals surface area contributed by atoms with E-state index in [1.807, 2.05) is 41.2 Å². The molecule has 7 nitrogen and oxygen atoms in total. The second-order valence-corrected chi connectivity index (χ2v) is 5.97. The summed E-state index contributed by atoms with van der Waals surface area (Å²) >= 11 is 0. The lowest BCUT2D eigenvalue weighted by Crippen LogP contribution is -2.10. The number of ketones is 1. The van der Waals surface area contributed by atoms with Gasteiger partial charge in [-0.1, -0.05) is 30.3 Å². The van der Waals surface area contributed by atoms with E-state index in [9.17, 15) is 4.79 Å². The fraction of sp³-hybridized carbons (Fsp3) is 0.0500. The lowest BCUT2D eigenvalue weighted by atomic mass is 10.1. The molecule has 0 aliphatic carbocycles. The SMILES string of the molecule is Nc1ncc(-c2cnn(Cc3ccccc3)c2)nc1C(=O)c1cccnc1. The third kappa shape index (κ3) is 3.57. The number of hydrogen-bond acceptors (Lipinski definition) is 6. The minimum atomic E-state index is -0.313. The predicted octanol–water partition coefficient (Wildman–Crippen LogP) is 2.60. The predicted molar refractivity (Wildman–Crippen MR) is 101 cm³/mol. The number of rotatable bonds is 5. The Morgan fingerprint density at radius 3 is 2.67 bits per heavy atom. The standard InChI is InChI=1S/C20H16N6O/c21-20-18(19(27)15-7-4-8-22-9-15)25-17(11-23-20)16-10-24-26(13-16)12-14-5-2-1-3-6-14/h1-11,13H,12H2,(H2,21,23). The summed E-state index contributed by atoms with van der Waals surface area (Å²) in [5.41, 5.74) is 8.84. The van der Waals surface area contributed by atoms with E-state index in [0.717, 1.165) is 11.1 Å². The number of anilines is 1. The first-order valence-electron chi connectivity index (χ1n) is 8.35. The summed E-state index contributed by atoms with van der Waals surface area (Å²) in [5, 5.41) is 4.37. The van der Waals surface area contributed by atoms with Crippen LogP contribution < -0.4 is 5.73 Å². The Morgan fingerprint density at radius 2 is 1.89 bits per heavy atom. The maximum Gasteiger partial charge on any atom is 0.216 e. The quantitative estimate of drug-likeness (QED) is 0.552. The van der Waals surface area contributed by atoms with Crippen LogP contribution in [0.3, 0.4) is 0 Å². The number of nitrogens with zero attached hydrogens (tertiary/aromatic N) is 5. The lowest BCUT2D eigenvalue weighted by Gasteiger charge is -2.05. The minimum Gasteiger partial charge on any atom is -0.382 e. The molecule has 0 unspecified atom stereocenters.